The second-order valence-corrected chi connectivity index (χ2v) is 5.40. The van der Waals surface area contributed by atoms with Gasteiger partial charge in [0.25, 0.3) is 0 Å². The van der Waals surface area contributed by atoms with Gasteiger partial charge in [0.15, 0.2) is 0 Å². The molecule has 1 aromatic carbocycles. The van der Waals surface area contributed by atoms with E-state index in [-0.39, 0.29) is 12.1 Å². The molecule has 1 aliphatic carbocycles. The molecule has 2 unspecified atom stereocenters. The molecule has 0 bridgehead atoms. The van der Waals surface area contributed by atoms with Crippen LogP contribution in [0.1, 0.15) is 37.3 Å². The molecule has 3 nitrogen and oxygen atoms in total. The van der Waals surface area contributed by atoms with Gasteiger partial charge in [0.05, 0.1) is 12.6 Å². The number of nitrogens with two attached hydrogens (primary N) is 1. The van der Waals surface area contributed by atoms with E-state index in [1.807, 2.05) is 24.3 Å². The average molecular weight is 247 g/mol. The van der Waals surface area contributed by atoms with Gasteiger partial charge in [0, 0.05) is 5.56 Å². The van der Waals surface area contributed by atoms with Crippen LogP contribution in [0.2, 0.25) is 0 Å². The van der Waals surface area contributed by atoms with E-state index in [4.69, 9.17) is 15.2 Å². The van der Waals surface area contributed by atoms with Gasteiger partial charge in [0.1, 0.15) is 18.5 Å². The standard InChI is InChI=1S/C15H21NO2/c16-15-12-7-3-4-8-13(12)18-10-14(15)17-9-11-5-1-2-6-11/h3-4,7-8,11,14-15H,1-2,5-6,9-10,16H2. The molecule has 2 N–H and O–H groups in total. The van der Waals surface area contributed by atoms with Gasteiger partial charge in [-0.2, -0.15) is 0 Å². The van der Waals surface area contributed by atoms with Crippen molar-refractivity contribution in [2.24, 2.45) is 11.7 Å². The lowest BCUT2D eigenvalue weighted by Crippen LogP contribution is -2.38. The zero-order chi connectivity index (χ0) is 12.4. The van der Waals surface area contributed by atoms with Gasteiger partial charge in [0.2, 0.25) is 0 Å². The first kappa shape index (κ1) is 12.0. The molecule has 3 rings (SSSR count). The van der Waals surface area contributed by atoms with Crippen LogP contribution in [0, 0.1) is 5.92 Å². The summed E-state index contributed by atoms with van der Waals surface area (Å²) < 4.78 is 11.7. The molecule has 1 heterocycles. The number of hydrogen-bond donors (Lipinski definition) is 1. The maximum absolute atomic E-state index is 6.27. The SMILES string of the molecule is NC1c2ccccc2OCC1OCC1CCCC1. The third-order valence-electron chi connectivity index (χ3n) is 4.10. The van der Waals surface area contributed by atoms with E-state index in [1.54, 1.807) is 0 Å². The first-order valence-corrected chi connectivity index (χ1v) is 6.93. The van der Waals surface area contributed by atoms with E-state index in [0.29, 0.717) is 6.61 Å². The van der Waals surface area contributed by atoms with Crippen molar-refractivity contribution in [3.8, 4) is 5.75 Å². The highest BCUT2D eigenvalue weighted by Gasteiger charge is 2.29. The number of hydrogen-bond acceptors (Lipinski definition) is 3. The number of fused-ring (bicyclic) bond motifs is 1. The average Bonchev–Trinajstić information content (AvgIpc) is 2.91. The molecule has 0 aromatic heterocycles. The smallest absolute Gasteiger partial charge is 0.124 e. The Morgan fingerprint density at radius 2 is 2.00 bits per heavy atom. The highest BCUT2D eigenvalue weighted by molar-refractivity contribution is 5.38. The first-order chi connectivity index (χ1) is 8.84. The van der Waals surface area contributed by atoms with E-state index >= 15 is 0 Å². The summed E-state index contributed by atoms with van der Waals surface area (Å²) in [6.45, 7) is 1.41. The Morgan fingerprint density at radius 3 is 2.83 bits per heavy atom. The topological polar surface area (TPSA) is 44.5 Å². The molecule has 1 aromatic rings. The Morgan fingerprint density at radius 1 is 1.22 bits per heavy atom. The van der Waals surface area contributed by atoms with Crippen molar-refractivity contribution >= 4 is 0 Å². The predicted molar refractivity (Wildman–Crippen MR) is 70.6 cm³/mol. The Labute approximate surface area is 108 Å². The molecule has 3 heteroatoms. The maximum Gasteiger partial charge on any atom is 0.124 e. The Kier molecular flexibility index (Phi) is 3.52. The van der Waals surface area contributed by atoms with Crippen molar-refractivity contribution in [2.45, 2.75) is 37.8 Å². The van der Waals surface area contributed by atoms with E-state index < -0.39 is 0 Å². The van der Waals surface area contributed by atoms with Gasteiger partial charge in [-0.1, -0.05) is 31.0 Å². The minimum absolute atomic E-state index is 0.000463. The summed E-state index contributed by atoms with van der Waals surface area (Å²) in [5.41, 5.74) is 7.34. The molecule has 2 aliphatic rings. The summed E-state index contributed by atoms with van der Waals surface area (Å²) in [6.07, 6.45) is 5.31. The van der Waals surface area contributed by atoms with Crippen molar-refractivity contribution in [3.63, 3.8) is 0 Å². The highest BCUT2D eigenvalue weighted by Crippen LogP contribution is 2.32. The largest absolute Gasteiger partial charge is 0.490 e. The maximum atomic E-state index is 6.27. The number of para-hydroxylation sites is 1. The molecule has 1 saturated carbocycles. The summed E-state index contributed by atoms with van der Waals surface area (Å²) in [4.78, 5) is 0. The predicted octanol–water partition coefficient (Wildman–Crippen LogP) is 2.65. The Bertz CT molecular complexity index is 401. The van der Waals surface area contributed by atoms with Gasteiger partial charge in [-0.3, -0.25) is 0 Å². The summed E-state index contributed by atoms with van der Waals surface area (Å²) in [6, 6.07) is 7.93. The number of ether oxygens (including phenoxy) is 2. The van der Waals surface area contributed by atoms with Crippen LogP contribution in [0.3, 0.4) is 0 Å². The second-order valence-electron chi connectivity index (χ2n) is 5.40. The lowest BCUT2D eigenvalue weighted by molar-refractivity contribution is -0.0216. The van der Waals surface area contributed by atoms with Crippen molar-refractivity contribution in [1.82, 2.24) is 0 Å². The lowest BCUT2D eigenvalue weighted by atomic mass is 9.99. The third kappa shape index (κ3) is 2.38. The second kappa shape index (κ2) is 5.29. The molecule has 1 aliphatic heterocycles. The molecule has 1 fully saturated rings. The van der Waals surface area contributed by atoms with Crippen LogP contribution in [0.5, 0.6) is 5.75 Å². The monoisotopic (exact) mass is 247 g/mol. The third-order valence-corrected chi connectivity index (χ3v) is 4.10. The summed E-state index contributed by atoms with van der Waals surface area (Å²) in [5.74, 6) is 1.64. The molecule has 0 saturated heterocycles. The van der Waals surface area contributed by atoms with Gasteiger partial charge in [-0.25, -0.2) is 0 Å². The van der Waals surface area contributed by atoms with Crippen LogP contribution < -0.4 is 10.5 Å². The molecule has 0 amide bonds. The van der Waals surface area contributed by atoms with Crippen LogP contribution in [0.4, 0.5) is 0 Å². The minimum Gasteiger partial charge on any atom is -0.490 e. The highest BCUT2D eigenvalue weighted by atomic mass is 16.5. The van der Waals surface area contributed by atoms with Gasteiger partial charge < -0.3 is 15.2 Å². The molecule has 2 atom stereocenters. The normalized spacial score (nSPS) is 27.8. The van der Waals surface area contributed by atoms with Crippen molar-refractivity contribution in [1.29, 1.82) is 0 Å². The number of rotatable bonds is 3. The number of benzene rings is 1. The molecule has 0 radical (unpaired) electrons. The lowest BCUT2D eigenvalue weighted by Gasteiger charge is -2.31. The molecule has 18 heavy (non-hydrogen) atoms. The fourth-order valence-electron chi connectivity index (χ4n) is 2.95. The van der Waals surface area contributed by atoms with Crippen LogP contribution in [-0.2, 0) is 4.74 Å². The fourth-order valence-corrected chi connectivity index (χ4v) is 2.95. The van der Waals surface area contributed by atoms with E-state index in [1.165, 1.54) is 25.7 Å². The van der Waals surface area contributed by atoms with Crippen LogP contribution in [0.15, 0.2) is 24.3 Å². The van der Waals surface area contributed by atoms with E-state index in [0.717, 1.165) is 23.8 Å². The van der Waals surface area contributed by atoms with Crippen molar-refractivity contribution in [3.05, 3.63) is 29.8 Å². The summed E-state index contributed by atoms with van der Waals surface area (Å²) in [5, 5.41) is 0. The van der Waals surface area contributed by atoms with E-state index in [2.05, 4.69) is 0 Å². The van der Waals surface area contributed by atoms with Gasteiger partial charge >= 0.3 is 0 Å². The quantitative estimate of drug-likeness (QED) is 0.893. The zero-order valence-corrected chi connectivity index (χ0v) is 10.7. The Hall–Kier alpha value is -1.06. The van der Waals surface area contributed by atoms with Gasteiger partial charge in [-0.05, 0) is 24.8 Å². The Balaban J connectivity index is 1.61. The van der Waals surface area contributed by atoms with Crippen LogP contribution in [-0.4, -0.2) is 19.3 Å². The van der Waals surface area contributed by atoms with Crippen LogP contribution in [0.25, 0.3) is 0 Å². The van der Waals surface area contributed by atoms with Crippen LogP contribution >= 0.6 is 0 Å². The molecular formula is C15H21NO2. The summed E-state index contributed by atoms with van der Waals surface area (Å²) >= 11 is 0. The van der Waals surface area contributed by atoms with Gasteiger partial charge in [-0.15, -0.1) is 0 Å². The van der Waals surface area contributed by atoms with E-state index in [9.17, 15) is 0 Å². The zero-order valence-electron chi connectivity index (χ0n) is 10.7. The molecule has 98 valence electrons. The first-order valence-electron chi connectivity index (χ1n) is 6.93. The molecular weight excluding hydrogens is 226 g/mol. The minimum atomic E-state index is -0.0589. The fraction of sp³-hybridized carbons (Fsp3) is 0.600. The van der Waals surface area contributed by atoms with Crippen molar-refractivity contribution < 1.29 is 9.47 Å². The summed E-state index contributed by atoms with van der Waals surface area (Å²) in [7, 11) is 0. The molecule has 0 spiro atoms. The van der Waals surface area contributed by atoms with Crippen molar-refractivity contribution in [2.75, 3.05) is 13.2 Å².